The molecule has 3 N–H and O–H groups in total. The van der Waals surface area contributed by atoms with Crippen LogP contribution in [0.4, 0.5) is 13.2 Å². The molecule has 1 amide bonds. The predicted molar refractivity (Wildman–Crippen MR) is 151 cm³/mol. The highest BCUT2D eigenvalue weighted by Gasteiger charge is 2.70. The van der Waals surface area contributed by atoms with Crippen LogP contribution in [0.5, 0.6) is 0 Å². The Morgan fingerprint density at radius 1 is 0.952 bits per heavy atom. The van der Waals surface area contributed by atoms with Gasteiger partial charge in [-0.05, 0) is 103 Å². The number of carbonyl (C=O) groups excluding carboxylic acids is 2. The first-order valence-electron chi connectivity index (χ1n) is 15.3. The molecule has 42 heavy (non-hydrogen) atoms. The van der Waals surface area contributed by atoms with Gasteiger partial charge >= 0.3 is 15.5 Å². The van der Waals surface area contributed by atoms with Crippen molar-refractivity contribution >= 4 is 21.7 Å². The lowest BCUT2D eigenvalue weighted by Gasteiger charge is -2.70. The summed E-state index contributed by atoms with van der Waals surface area (Å²) >= 11 is 0. The molecular formula is C31H47F3N2O5S. The van der Waals surface area contributed by atoms with Crippen LogP contribution >= 0.6 is 0 Å². The maximum absolute atomic E-state index is 14.4. The number of carbonyl (C=O) groups is 2. The first-order chi connectivity index (χ1) is 19.0. The minimum Gasteiger partial charge on any atom is -0.295 e. The molecule has 0 spiro atoms. The predicted octanol–water partition coefficient (Wildman–Crippen LogP) is 6.28. The van der Waals surface area contributed by atoms with E-state index in [0.29, 0.717) is 32.1 Å². The minimum atomic E-state index is -5.50. The summed E-state index contributed by atoms with van der Waals surface area (Å²) in [6, 6.07) is -0.889. The van der Waals surface area contributed by atoms with E-state index in [1.54, 1.807) is 0 Å². The lowest BCUT2D eigenvalue weighted by molar-refractivity contribution is -0.188. The average Bonchev–Trinajstić information content (AvgIpc) is 2.86. The molecule has 0 heterocycles. The highest BCUT2D eigenvalue weighted by molar-refractivity contribution is 7.90. The summed E-state index contributed by atoms with van der Waals surface area (Å²) in [7, 11) is -5.50. The van der Waals surface area contributed by atoms with Crippen LogP contribution < -0.4 is 10.2 Å². The van der Waals surface area contributed by atoms with Gasteiger partial charge in [0.2, 0.25) is 5.91 Å². The molecule has 0 aliphatic heterocycles. The van der Waals surface area contributed by atoms with Gasteiger partial charge in [-0.15, -0.1) is 0 Å². The summed E-state index contributed by atoms with van der Waals surface area (Å²) in [4.78, 5) is 27.2. The summed E-state index contributed by atoms with van der Waals surface area (Å²) in [6.45, 7) is 14.4. The van der Waals surface area contributed by atoms with Gasteiger partial charge in [-0.25, -0.2) is 18.6 Å². The van der Waals surface area contributed by atoms with Crippen LogP contribution in [0.2, 0.25) is 0 Å². The molecular weight excluding hydrogens is 569 g/mol. The van der Waals surface area contributed by atoms with Crippen LogP contribution in [0.1, 0.15) is 106 Å². The van der Waals surface area contributed by atoms with Gasteiger partial charge in [0, 0.05) is 17.4 Å². The van der Waals surface area contributed by atoms with Gasteiger partial charge in [-0.3, -0.25) is 14.8 Å². The number of hydrogen-bond acceptors (Lipinski definition) is 5. The number of sulfonamides is 1. The number of halogens is 3. The fraction of sp³-hybridized carbons (Fsp3) is 0.871. The molecule has 5 aliphatic carbocycles. The smallest absolute Gasteiger partial charge is 0.295 e. The number of fused-ring (bicyclic) bond motifs is 7. The third-order valence-corrected chi connectivity index (χ3v) is 15.1. The minimum absolute atomic E-state index is 0.0171. The van der Waals surface area contributed by atoms with Crippen LogP contribution in [0.25, 0.3) is 0 Å². The highest BCUT2D eigenvalue weighted by atomic mass is 32.2. The van der Waals surface area contributed by atoms with Gasteiger partial charge in [-0.1, -0.05) is 54.0 Å². The number of rotatable bonds is 3. The molecule has 0 bridgehead atoms. The van der Waals surface area contributed by atoms with Gasteiger partial charge in [-0.2, -0.15) is 13.2 Å². The SMILES string of the molecule is CC1(C)C2CC[C@]3(C)C(C(=O)C=C4C5C[C@@](C)(C(=O)NO)CC[C@]5(C)CC[C@]43C)[C@@]2(C)CC[C@@H]1NS(=O)(=O)C(F)(F)F. The monoisotopic (exact) mass is 616 g/mol. The molecule has 0 aromatic heterocycles. The van der Waals surface area contributed by atoms with E-state index in [-0.39, 0.29) is 40.8 Å². The Morgan fingerprint density at radius 3 is 2.17 bits per heavy atom. The van der Waals surface area contributed by atoms with E-state index in [4.69, 9.17) is 0 Å². The lowest BCUT2D eigenvalue weighted by atomic mass is 9.33. The van der Waals surface area contributed by atoms with Crippen LogP contribution in [-0.4, -0.2) is 36.9 Å². The molecule has 4 fully saturated rings. The second-order valence-corrected chi connectivity index (χ2v) is 17.9. The first-order valence-corrected chi connectivity index (χ1v) is 16.8. The van der Waals surface area contributed by atoms with E-state index in [0.717, 1.165) is 24.8 Å². The third-order valence-electron chi connectivity index (χ3n) is 13.9. The van der Waals surface area contributed by atoms with Gasteiger partial charge in [0.1, 0.15) is 0 Å². The standard InChI is InChI=1S/C31H47F3N2O5S/c1-25(2)21-8-11-30(7)23(28(21,5)10-9-22(25)36-42(40,41)31(32,33)34)20(37)16-18-19-17-27(4,24(38)35-39)13-12-26(19,3)14-15-29(18,30)6/h16,19,21-23,36,39H,8-15,17H2,1-7H3,(H,35,38)/t19?,21?,22-,23?,26+,27-,28-,29+,30+/m0/s1. The van der Waals surface area contributed by atoms with Crippen molar-refractivity contribution in [1.82, 2.24) is 10.2 Å². The number of ketones is 1. The summed E-state index contributed by atoms with van der Waals surface area (Å²) in [5.41, 5.74) is -5.22. The number of allylic oxidation sites excluding steroid dienone is 2. The largest absolute Gasteiger partial charge is 0.511 e. The van der Waals surface area contributed by atoms with E-state index < -0.39 is 49.1 Å². The Kier molecular flexibility index (Phi) is 7.06. The van der Waals surface area contributed by atoms with Crippen LogP contribution in [-0.2, 0) is 19.6 Å². The van der Waals surface area contributed by atoms with Crippen molar-refractivity contribution in [2.24, 2.45) is 50.2 Å². The maximum atomic E-state index is 14.4. The van der Waals surface area contributed by atoms with Crippen LogP contribution in [0, 0.1) is 50.2 Å². The first kappa shape index (κ1) is 31.9. The molecule has 5 aliphatic rings. The molecule has 238 valence electrons. The second-order valence-electron chi connectivity index (χ2n) is 16.2. The van der Waals surface area contributed by atoms with Crippen molar-refractivity contribution in [3.05, 3.63) is 11.6 Å². The van der Waals surface area contributed by atoms with Crippen molar-refractivity contribution < 1.29 is 36.4 Å². The van der Waals surface area contributed by atoms with Crippen LogP contribution in [0.3, 0.4) is 0 Å². The number of alkyl halides is 3. The van der Waals surface area contributed by atoms with Crippen molar-refractivity contribution in [3.8, 4) is 0 Å². The van der Waals surface area contributed by atoms with E-state index in [1.165, 1.54) is 0 Å². The third kappa shape index (κ3) is 4.14. The number of hydroxylamine groups is 1. The zero-order chi connectivity index (χ0) is 31.5. The molecule has 5 rings (SSSR count). The zero-order valence-corrected chi connectivity index (χ0v) is 26.7. The fourth-order valence-corrected chi connectivity index (χ4v) is 11.9. The molecule has 0 aromatic rings. The van der Waals surface area contributed by atoms with Gasteiger partial charge < -0.3 is 0 Å². The van der Waals surface area contributed by atoms with Crippen molar-refractivity contribution in [3.63, 3.8) is 0 Å². The molecule has 9 atom stereocenters. The summed E-state index contributed by atoms with van der Waals surface area (Å²) in [5.74, 6) is -0.830. The van der Waals surface area contributed by atoms with Crippen LogP contribution in [0.15, 0.2) is 11.6 Å². The van der Waals surface area contributed by atoms with E-state index in [2.05, 4.69) is 27.7 Å². The maximum Gasteiger partial charge on any atom is 0.511 e. The van der Waals surface area contributed by atoms with Crippen molar-refractivity contribution in [2.75, 3.05) is 0 Å². The molecule has 4 saturated carbocycles. The van der Waals surface area contributed by atoms with E-state index in [9.17, 15) is 36.4 Å². The molecule has 3 unspecified atom stereocenters. The quantitative estimate of drug-likeness (QED) is 0.255. The number of amides is 1. The Hall–Kier alpha value is -1.46. The fourth-order valence-electron chi connectivity index (χ4n) is 11.0. The molecule has 7 nitrogen and oxygen atoms in total. The normalized spacial score (nSPS) is 46.8. The van der Waals surface area contributed by atoms with Crippen molar-refractivity contribution in [2.45, 2.75) is 118 Å². The summed E-state index contributed by atoms with van der Waals surface area (Å²) in [6.07, 6.45) is 7.84. The Morgan fingerprint density at radius 2 is 1.57 bits per heavy atom. The van der Waals surface area contributed by atoms with Gasteiger partial charge in [0.15, 0.2) is 5.78 Å². The van der Waals surface area contributed by atoms with E-state index in [1.807, 2.05) is 37.0 Å². The molecule has 11 heteroatoms. The Balaban J connectivity index is 1.54. The molecule has 0 radical (unpaired) electrons. The van der Waals surface area contributed by atoms with E-state index >= 15 is 0 Å². The average molecular weight is 617 g/mol. The Labute approximate surface area is 247 Å². The number of hydrogen-bond donors (Lipinski definition) is 3. The summed E-state index contributed by atoms with van der Waals surface area (Å²) in [5, 5.41) is 9.47. The number of nitrogens with one attached hydrogen (secondary N) is 2. The van der Waals surface area contributed by atoms with Gasteiger partial charge in [0.05, 0.1) is 0 Å². The zero-order valence-electron chi connectivity index (χ0n) is 25.9. The highest BCUT2D eigenvalue weighted by Crippen LogP contribution is 2.75. The Bertz CT molecular complexity index is 1330. The lowest BCUT2D eigenvalue weighted by Crippen LogP contribution is -2.68. The second kappa shape index (κ2) is 9.28. The van der Waals surface area contributed by atoms with Crippen molar-refractivity contribution in [1.29, 1.82) is 0 Å². The molecule has 0 saturated heterocycles. The topological polar surface area (TPSA) is 113 Å². The summed E-state index contributed by atoms with van der Waals surface area (Å²) < 4.78 is 66.0. The molecule has 0 aromatic carbocycles. The van der Waals surface area contributed by atoms with Gasteiger partial charge in [0.25, 0.3) is 0 Å².